The number of hydrogen-bond donors (Lipinski definition) is 3. The Labute approximate surface area is 130 Å². The van der Waals surface area contributed by atoms with Crippen molar-refractivity contribution in [2.45, 2.75) is 19.8 Å². The number of carbonyl (C=O) groups is 2. The number of hydrogen-bond acceptors (Lipinski definition) is 5. The third-order valence-corrected chi connectivity index (χ3v) is 3.50. The molecule has 0 aliphatic carbocycles. The predicted molar refractivity (Wildman–Crippen MR) is 85.5 cm³/mol. The molecule has 0 unspecified atom stereocenters. The van der Waals surface area contributed by atoms with Crippen molar-refractivity contribution in [1.82, 2.24) is 5.32 Å². The van der Waals surface area contributed by atoms with E-state index >= 15 is 0 Å². The Hall–Kier alpha value is -2.09. The van der Waals surface area contributed by atoms with Crippen LogP contribution in [0.3, 0.4) is 0 Å². The van der Waals surface area contributed by atoms with Gasteiger partial charge in [0.15, 0.2) is 9.84 Å². The van der Waals surface area contributed by atoms with E-state index in [9.17, 15) is 18.0 Å². The molecule has 0 radical (unpaired) electrons. The van der Waals surface area contributed by atoms with Crippen LogP contribution in [0.1, 0.15) is 40.5 Å². The van der Waals surface area contributed by atoms with E-state index < -0.39 is 15.7 Å². The Morgan fingerprint density at radius 3 is 2.36 bits per heavy atom. The molecule has 1 aromatic carbocycles. The maximum Gasteiger partial charge on any atom is 0.251 e. The van der Waals surface area contributed by atoms with Gasteiger partial charge in [-0.1, -0.05) is 13.3 Å². The molecule has 7 nitrogen and oxygen atoms in total. The molecule has 0 saturated carbocycles. The molecule has 0 aliphatic rings. The van der Waals surface area contributed by atoms with Gasteiger partial charge in [0.05, 0.1) is 0 Å². The lowest BCUT2D eigenvalue weighted by Gasteiger charge is -2.10. The molecule has 1 aromatic rings. The number of unbranched alkanes of at least 4 members (excludes halogenated alkanes) is 1. The number of anilines is 1. The lowest BCUT2D eigenvalue weighted by molar-refractivity contribution is 0.0953. The van der Waals surface area contributed by atoms with Gasteiger partial charge in [-0.15, -0.1) is 0 Å². The molecule has 0 aliphatic heterocycles. The Morgan fingerprint density at radius 2 is 1.82 bits per heavy atom. The summed E-state index contributed by atoms with van der Waals surface area (Å²) >= 11 is 0. The number of primary amides is 1. The molecule has 0 spiro atoms. The molecule has 1 rings (SSSR count). The second-order valence-electron chi connectivity index (χ2n) is 5.02. The molecule has 0 saturated heterocycles. The molecule has 22 heavy (non-hydrogen) atoms. The minimum atomic E-state index is -3.23. The van der Waals surface area contributed by atoms with E-state index in [2.05, 4.69) is 10.6 Å². The summed E-state index contributed by atoms with van der Waals surface area (Å²) in [6.07, 6.45) is 2.87. The largest absolute Gasteiger partial charge is 0.372 e. The highest BCUT2D eigenvalue weighted by Crippen LogP contribution is 2.15. The van der Waals surface area contributed by atoms with Gasteiger partial charge in [-0.2, -0.15) is 0 Å². The molecule has 2 amide bonds. The molecular weight excluding hydrogens is 306 g/mol. The fourth-order valence-electron chi connectivity index (χ4n) is 1.70. The van der Waals surface area contributed by atoms with E-state index in [1.807, 2.05) is 6.92 Å². The van der Waals surface area contributed by atoms with Crippen molar-refractivity contribution in [3.05, 3.63) is 29.3 Å². The van der Waals surface area contributed by atoms with Crippen LogP contribution < -0.4 is 16.4 Å². The number of carbonyl (C=O) groups excluding carboxylic acids is 2. The zero-order chi connectivity index (χ0) is 16.8. The van der Waals surface area contributed by atoms with Crippen LogP contribution in [0, 0.1) is 0 Å². The molecular formula is C14H21N3O4S. The zero-order valence-corrected chi connectivity index (χ0v) is 13.5. The summed E-state index contributed by atoms with van der Waals surface area (Å²) in [7, 11) is -3.23. The summed E-state index contributed by atoms with van der Waals surface area (Å²) in [6.45, 7) is 2.54. The van der Waals surface area contributed by atoms with Crippen molar-refractivity contribution in [1.29, 1.82) is 0 Å². The molecule has 122 valence electrons. The minimum Gasteiger partial charge on any atom is -0.372 e. The van der Waals surface area contributed by atoms with Crippen molar-refractivity contribution in [2.75, 3.05) is 24.0 Å². The van der Waals surface area contributed by atoms with Crippen LogP contribution in [0.15, 0.2) is 18.2 Å². The van der Waals surface area contributed by atoms with Gasteiger partial charge in [0, 0.05) is 29.6 Å². The summed E-state index contributed by atoms with van der Waals surface area (Å²) in [5.74, 6) is -1.32. The van der Waals surface area contributed by atoms with Crippen LogP contribution in [0.4, 0.5) is 5.69 Å². The van der Waals surface area contributed by atoms with Crippen LogP contribution >= 0.6 is 0 Å². The van der Waals surface area contributed by atoms with Crippen LogP contribution in [-0.4, -0.2) is 38.9 Å². The van der Waals surface area contributed by atoms with E-state index in [0.29, 0.717) is 12.2 Å². The smallest absolute Gasteiger partial charge is 0.251 e. The van der Waals surface area contributed by atoms with E-state index in [-0.39, 0.29) is 22.9 Å². The Bertz CT molecular complexity index is 656. The van der Waals surface area contributed by atoms with E-state index in [0.717, 1.165) is 19.1 Å². The molecule has 0 atom stereocenters. The molecule has 0 aromatic heterocycles. The van der Waals surface area contributed by atoms with Gasteiger partial charge < -0.3 is 16.4 Å². The Morgan fingerprint density at radius 1 is 1.18 bits per heavy atom. The monoisotopic (exact) mass is 327 g/mol. The Balaban J connectivity index is 2.98. The first-order valence-corrected chi connectivity index (χ1v) is 8.93. The number of nitrogens with one attached hydrogen (secondary N) is 2. The standard InChI is InChI=1S/C14H21N3O4S/c1-3-4-5-16-14(19)11-6-10(13(15)18)7-12(8-11)17-9-22(2,20)21/h6-8,17H,3-5,9H2,1-2H3,(H2,15,18)(H,16,19). The van der Waals surface area contributed by atoms with Gasteiger partial charge in [0.2, 0.25) is 5.91 Å². The van der Waals surface area contributed by atoms with Crippen LogP contribution in [0.2, 0.25) is 0 Å². The lowest BCUT2D eigenvalue weighted by atomic mass is 10.1. The molecule has 4 N–H and O–H groups in total. The quantitative estimate of drug-likeness (QED) is 0.608. The first kappa shape index (κ1) is 18.0. The van der Waals surface area contributed by atoms with Crippen LogP contribution in [0.25, 0.3) is 0 Å². The summed E-state index contributed by atoms with van der Waals surface area (Å²) in [5.41, 5.74) is 5.98. The highest BCUT2D eigenvalue weighted by Gasteiger charge is 2.12. The highest BCUT2D eigenvalue weighted by atomic mass is 32.2. The molecule has 0 bridgehead atoms. The average Bonchev–Trinajstić information content (AvgIpc) is 2.44. The zero-order valence-electron chi connectivity index (χ0n) is 12.7. The van der Waals surface area contributed by atoms with Gasteiger partial charge in [-0.25, -0.2) is 8.42 Å². The second kappa shape index (κ2) is 7.79. The fraction of sp³-hybridized carbons (Fsp3) is 0.429. The van der Waals surface area contributed by atoms with Crippen molar-refractivity contribution >= 4 is 27.3 Å². The van der Waals surface area contributed by atoms with Gasteiger partial charge >= 0.3 is 0 Å². The number of benzene rings is 1. The maximum atomic E-state index is 12.0. The van der Waals surface area contributed by atoms with Gasteiger partial charge in [-0.3, -0.25) is 9.59 Å². The highest BCUT2D eigenvalue weighted by molar-refractivity contribution is 7.90. The third-order valence-electron chi connectivity index (χ3n) is 2.83. The average molecular weight is 327 g/mol. The SMILES string of the molecule is CCCCNC(=O)c1cc(NCS(C)(=O)=O)cc(C(N)=O)c1. The first-order valence-electron chi connectivity index (χ1n) is 6.87. The summed E-state index contributed by atoms with van der Waals surface area (Å²) in [6, 6.07) is 4.28. The second-order valence-corrected chi connectivity index (χ2v) is 7.16. The Kier molecular flexibility index (Phi) is 6.36. The molecule has 0 fully saturated rings. The van der Waals surface area contributed by atoms with E-state index in [4.69, 9.17) is 5.73 Å². The van der Waals surface area contributed by atoms with E-state index in [1.54, 1.807) is 0 Å². The van der Waals surface area contributed by atoms with Gasteiger partial charge in [0.1, 0.15) is 5.88 Å². The number of amides is 2. The van der Waals surface area contributed by atoms with Gasteiger partial charge in [0.25, 0.3) is 5.91 Å². The number of rotatable bonds is 8. The molecule has 8 heteroatoms. The topological polar surface area (TPSA) is 118 Å². The predicted octanol–water partition coefficient (Wildman–Crippen LogP) is 0.729. The lowest BCUT2D eigenvalue weighted by Crippen LogP contribution is -2.25. The maximum absolute atomic E-state index is 12.0. The summed E-state index contributed by atoms with van der Waals surface area (Å²) in [4.78, 5) is 23.4. The normalized spacial score (nSPS) is 11.0. The van der Waals surface area contributed by atoms with Crippen LogP contribution in [-0.2, 0) is 9.84 Å². The first-order chi connectivity index (χ1) is 10.2. The summed E-state index contributed by atoms with van der Waals surface area (Å²) < 4.78 is 22.4. The van der Waals surface area contributed by atoms with Gasteiger partial charge in [-0.05, 0) is 24.6 Å². The number of nitrogens with two attached hydrogens (primary N) is 1. The van der Waals surface area contributed by atoms with E-state index in [1.165, 1.54) is 18.2 Å². The van der Waals surface area contributed by atoms with Crippen molar-refractivity contribution in [3.63, 3.8) is 0 Å². The molecule has 0 heterocycles. The third kappa shape index (κ3) is 6.13. The van der Waals surface area contributed by atoms with Crippen molar-refractivity contribution in [3.8, 4) is 0 Å². The number of sulfone groups is 1. The minimum absolute atomic E-state index is 0.138. The van der Waals surface area contributed by atoms with Crippen LogP contribution in [0.5, 0.6) is 0 Å². The van der Waals surface area contributed by atoms with Crippen molar-refractivity contribution in [2.24, 2.45) is 5.73 Å². The fourth-order valence-corrected chi connectivity index (χ4v) is 2.13. The van der Waals surface area contributed by atoms with Crippen molar-refractivity contribution < 1.29 is 18.0 Å². The summed E-state index contributed by atoms with van der Waals surface area (Å²) in [5, 5.41) is 5.40.